The standard InChI is InChI=1S/C10H10FNO3/c11-7-1-3-8(4-2-7)12-5-9(6-13)15-10(12)14/h1-4,9,13H,5-6H2. The normalized spacial score (nSPS) is 20.5. The van der Waals surface area contributed by atoms with E-state index in [0.29, 0.717) is 12.2 Å². The number of rotatable bonds is 2. The first-order valence-electron chi connectivity index (χ1n) is 4.55. The van der Waals surface area contributed by atoms with E-state index in [9.17, 15) is 9.18 Å². The van der Waals surface area contributed by atoms with Gasteiger partial charge in [-0.3, -0.25) is 4.90 Å². The molecule has 0 aliphatic carbocycles. The van der Waals surface area contributed by atoms with Gasteiger partial charge in [0.1, 0.15) is 11.9 Å². The predicted octanol–water partition coefficient (Wildman–Crippen LogP) is 1.14. The summed E-state index contributed by atoms with van der Waals surface area (Å²) >= 11 is 0. The molecule has 5 heteroatoms. The van der Waals surface area contributed by atoms with E-state index in [1.807, 2.05) is 0 Å². The van der Waals surface area contributed by atoms with Crippen molar-refractivity contribution in [2.75, 3.05) is 18.1 Å². The van der Waals surface area contributed by atoms with Gasteiger partial charge in [0.15, 0.2) is 0 Å². The lowest BCUT2D eigenvalue weighted by Gasteiger charge is -2.12. The van der Waals surface area contributed by atoms with Crippen LogP contribution >= 0.6 is 0 Å². The van der Waals surface area contributed by atoms with Crippen molar-refractivity contribution in [2.24, 2.45) is 0 Å². The Labute approximate surface area is 85.9 Å². The molecule has 1 atom stereocenters. The van der Waals surface area contributed by atoms with Crippen molar-refractivity contribution in [2.45, 2.75) is 6.10 Å². The molecule has 1 unspecified atom stereocenters. The maximum Gasteiger partial charge on any atom is 0.414 e. The van der Waals surface area contributed by atoms with Crippen LogP contribution in [0, 0.1) is 5.82 Å². The maximum absolute atomic E-state index is 12.6. The molecule has 15 heavy (non-hydrogen) atoms. The van der Waals surface area contributed by atoms with E-state index < -0.39 is 12.2 Å². The fraction of sp³-hybridized carbons (Fsp3) is 0.300. The van der Waals surface area contributed by atoms with Crippen molar-refractivity contribution in [3.05, 3.63) is 30.1 Å². The third-order valence-electron chi connectivity index (χ3n) is 2.22. The second-order valence-corrected chi connectivity index (χ2v) is 3.28. The zero-order valence-electron chi connectivity index (χ0n) is 7.89. The molecule has 1 amide bonds. The van der Waals surface area contributed by atoms with Gasteiger partial charge in [0, 0.05) is 5.69 Å². The van der Waals surface area contributed by atoms with Crippen molar-refractivity contribution in [1.29, 1.82) is 0 Å². The van der Waals surface area contributed by atoms with Gasteiger partial charge < -0.3 is 9.84 Å². The molecular weight excluding hydrogens is 201 g/mol. The van der Waals surface area contributed by atoms with E-state index in [4.69, 9.17) is 9.84 Å². The summed E-state index contributed by atoms with van der Waals surface area (Å²) in [6.45, 7) is 0.0877. The minimum atomic E-state index is -0.513. The Kier molecular flexibility index (Phi) is 2.55. The number of aliphatic hydroxyl groups excluding tert-OH is 1. The summed E-state index contributed by atoms with van der Waals surface area (Å²) in [7, 11) is 0. The highest BCUT2D eigenvalue weighted by atomic mass is 19.1. The van der Waals surface area contributed by atoms with Crippen LogP contribution in [0.15, 0.2) is 24.3 Å². The van der Waals surface area contributed by atoms with Gasteiger partial charge in [-0.1, -0.05) is 0 Å². The van der Waals surface area contributed by atoms with Crippen LogP contribution in [-0.4, -0.2) is 30.5 Å². The van der Waals surface area contributed by atoms with E-state index in [1.54, 1.807) is 0 Å². The number of benzene rings is 1. The number of anilines is 1. The minimum absolute atomic E-state index is 0.205. The summed E-state index contributed by atoms with van der Waals surface area (Å²) in [5, 5.41) is 8.83. The highest BCUT2D eigenvalue weighted by Gasteiger charge is 2.31. The number of aliphatic hydroxyl groups is 1. The van der Waals surface area contributed by atoms with Crippen LogP contribution in [0.25, 0.3) is 0 Å². The SMILES string of the molecule is O=C1OC(CO)CN1c1ccc(F)cc1. The summed E-state index contributed by atoms with van der Waals surface area (Å²) in [5.74, 6) is -0.356. The summed E-state index contributed by atoms with van der Waals surface area (Å²) < 4.78 is 17.5. The van der Waals surface area contributed by atoms with Gasteiger partial charge in [0.25, 0.3) is 0 Å². The second-order valence-electron chi connectivity index (χ2n) is 3.28. The van der Waals surface area contributed by atoms with Crippen molar-refractivity contribution in [1.82, 2.24) is 0 Å². The van der Waals surface area contributed by atoms with Crippen LogP contribution in [0.2, 0.25) is 0 Å². The lowest BCUT2D eigenvalue weighted by Crippen LogP contribution is -2.25. The molecule has 4 nitrogen and oxygen atoms in total. The number of cyclic esters (lactones) is 1. The Hall–Kier alpha value is -1.62. The van der Waals surface area contributed by atoms with Crippen LogP contribution in [-0.2, 0) is 4.74 Å². The molecular formula is C10H10FNO3. The van der Waals surface area contributed by atoms with E-state index in [1.165, 1.54) is 29.2 Å². The molecule has 0 spiro atoms. The molecule has 1 N–H and O–H groups in total. The molecule has 1 saturated heterocycles. The third kappa shape index (κ3) is 1.92. The van der Waals surface area contributed by atoms with Gasteiger partial charge in [-0.05, 0) is 24.3 Å². The van der Waals surface area contributed by atoms with E-state index in [-0.39, 0.29) is 12.4 Å². The minimum Gasteiger partial charge on any atom is -0.441 e. The molecule has 1 heterocycles. The van der Waals surface area contributed by atoms with E-state index in [2.05, 4.69) is 0 Å². The molecule has 1 aromatic carbocycles. The molecule has 0 radical (unpaired) electrons. The van der Waals surface area contributed by atoms with Crippen molar-refractivity contribution >= 4 is 11.8 Å². The van der Waals surface area contributed by atoms with Crippen molar-refractivity contribution in [3.8, 4) is 0 Å². The van der Waals surface area contributed by atoms with Crippen LogP contribution in [0.4, 0.5) is 14.9 Å². The number of hydrogen-bond donors (Lipinski definition) is 1. The van der Waals surface area contributed by atoms with Crippen LogP contribution in [0.5, 0.6) is 0 Å². The first-order valence-corrected chi connectivity index (χ1v) is 4.55. The smallest absolute Gasteiger partial charge is 0.414 e. The fourth-order valence-corrected chi connectivity index (χ4v) is 1.45. The second kappa shape index (κ2) is 3.86. The van der Waals surface area contributed by atoms with Gasteiger partial charge >= 0.3 is 6.09 Å². The zero-order chi connectivity index (χ0) is 10.8. The molecule has 0 bridgehead atoms. The van der Waals surface area contributed by atoms with E-state index >= 15 is 0 Å². The molecule has 1 aliphatic heterocycles. The Morgan fingerprint density at radius 2 is 2.13 bits per heavy atom. The van der Waals surface area contributed by atoms with Gasteiger partial charge in [-0.25, -0.2) is 9.18 Å². The van der Waals surface area contributed by atoms with Crippen molar-refractivity contribution < 1.29 is 19.0 Å². The Bertz CT molecular complexity index is 365. The molecule has 1 aromatic rings. The highest BCUT2D eigenvalue weighted by molar-refractivity contribution is 5.89. The van der Waals surface area contributed by atoms with Crippen molar-refractivity contribution in [3.63, 3.8) is 0 Å². The Morgan fingerprint density at radius 1 is 1.47 bits per heavy atom. The summed E-state index contributed by atoms with van der Waals surface area (Å²) in [5.41, 5.74) is 0.567. The third-order valence-corrected chi connectivity index (χ3v) is 2.22. The lowest BCUT2D eigenvalue weighted by atomic mass is 10.3. The molecule has 2 rings (SSSR count). The average Bonchev–Trinajstić information content (AvgIpc) is 2.61. The summed E-state index contributed by atoms with van der Waals surface area (Å²) in [6, 6.07) is 5.54. The largest absolute Gasteiger partial charge is 0.441 e. The van der Waals surface area contributed by atoms with Crippen LogP contribution < -0.4 is 4.90 Å². The number of carbonyl (C=O) groups is 1. The van der Waals surface area contributed by atoms with Crippen LogP contribution in [0.3, 0.4) is 0 Å². The number of halogens is 1. The summed E-state index contributed by atoms with van der Waals surface area (Å²) in [4.78, 5) is 12.7. The Balaban J connectivity index is 2.18. The van der Waals surface area contributed by atoms with Gasteiger partial charge in [-0.15, -0.1) is 0 Å². The summed E-state index contributed by atoms with van der Waals surface area (Å²) in [6.07, 6.45) is -1.01. The number of nitrogens with zero attached hydrogens (tertiary/aromatic N) is 1. The molecule has 0 aromatic heterocycles. The maximum atomic E-state index is 12.6. The number of ether oxygens (including phenoxy) is 1. The number of carbonyl (C=O) groups excluding carboxylic acids is 1. The zero-order valence-corrected chi connectivity index (χ0v) is 7.89. The Morgan fingerprint density at radius 3 is 2.67 bits per heavy atom. The highest BCUT2D eigenvalue weighted by Crippen LogP contribution is 2.21. The molecule has 1 fully saturated rings. The number of hydrogen-bond acceptors (Lipinski definition) is 3. The first kappa shape index (κ1) is 9.92. The average molecular weight is 211 g/mol. The lowest BCUT2D eigenvalue weighted by molar-refractivity contribution is 0.0963. The molecule has 1 aliphatic rings. The predicted molar refractivity (Wildman–Crippen MR) is 51.1 cm³/mol. The van der Waals surface area contributed by atoms with Gasteiger partial charge in [0.2, 0.25) is 0 Å². The topological polar surface area (TPSA) is 49.8 Å². The fourth-order valence-electron chi connectivity index (χ4n) is 1.45. The molecule has 80 valence electrons. The number of amides is 1. The first-order chi connectivity index (χ1) is 7.20. The molecule has 0 saturated carbocycles. The quantitative estimate of drug-likeness (QED) is 0.798. The van der Waals surface area contributed by atoms with E-state index in [0.717, 1.165) is 0 Å². The van der Waals surface area contributed by atoms with Gasteiger partial charge in [0.05, 0.1) is 13.2 Å². The van der Waals surface area contributed by atoms with Crippen LogP contribution in [0.1, 0.15) is 0 Å². The monoisotopic (exact) mass is 211 g/mol. The van der Waals surface area contributed by atoms with Gasteiger partial charge in [-0.2, -0.15) is 0 Å².